The molecule has 0 saturated carbocycles. The van der Waals surface area contributed by atoms with Crippen LogP contribution in [0.25, 0.3) is 10.4 Å². The van der Waals surface area contributed by atoms with Crippen LogP contribution >= 0.6 is 22.9 Å². The summed E-state index contributed by atoms with van der Waals surface area (Å²) in [5.74, 6) is 0. The first-order valence-electron chi connectivity index (χ1n) is 6.68. The maximum Gasteiger partial charge on any atom is 0.323 e. The molecule has 22 heavy (non-hydrogen) atoms. The van der Waals surface area contributed by atoms with Crippen molar-refractivity contribution in [2.75, 3.05) is 10.6 Å². The zero-order valence-electron chi connectivity index (χ0n) is 11.5. The van der Waals surface area contributed by atoms with Crippen LogP contribution < -0.4 is 10.6 Å². The van der Waals surface area contributed by atoms with Crippen LogP contribution in [0.1, 0.15) is 0 Å². The van der Waals surface area contributed by atoms with Crippen molar-refractivity contribution >= 4 is 40.3 Å². The molecule has 0 aliphatic heterocycles. The third-order valence-electron chi connectivity index (χ3n) is 3.02. The van der Waals surface area contributed by atoms with Crippen molar-refractivity contribution < 1.29 is 4.79 Å². The minimum absolute atomic E-state index is 0.278. The molecule has 0 aliphatic carbocycles. The molecule has 3 rings (SSSR count). The van der Waals surface area contributed by atoms with Gasteiger partial charge in [0.2, 0.25) is 0 Å². The van der Waals surface area contributed by atoms with Crippen LogP contribution in [0.4, 0.5) is 16.2 Å². The number of halogens is 1. The Morgan fingerprint density at radius 1 is 0.909 bits per heavy atom. The van der Waals surface area contributed by atoms with Crippen molar-refractivity contribution in [3.05, 3.63) is 71.1 Å². The van der Waals surface area contributed by atoms with Gasteiger partial charge in [-0.05, 0) is 35.9 Å². The molecular formula is C17H13ClN2OS. The number of carbonyl (C=O) groups excluding carboxylic acids is 1. The molecule has 5 heteroatoms. The first kappa shape index (κ1) is 14.6. The highest BCUT2D eigenvalue weighted by molar-refractivity contribution is 7.14. The SMILES string of the molecule is O=C(Nc1ccc(Cl)cc1)Nc1csc(-c2ccccc2)c1. The molecule has 0 atom stereocenters. The largest absolute Gasteiger partial charge is 0.323 e. The number of hydrogen-bond acceptors (Lipinski definition) is 2. The van der Waals surface area contributed by atoms with Gasteiger partial charge in [0, 0.05) is 21.0 Å². The quantitative estimate of drug-likeness (QED) is 0.635. The summed E-state index contributed by atoms with van der Waals surface area (Å²) < 4.78 is 0. The zero-order valence-corrected chi connectivity index (χ0v) is 13.1. The highest BCUT2D eigenvalue weighted by atomic mass is 35.5. The molecule has 0 bridgehead atoms. The fraction of sp³-hybridized carbons (Fsp3) is 0. The van der Waals surface area contributed by atoms with E-state index in [1.165, 1.54) is 0 Å². The van der Waals surface area contributed by atoms with Crippen LogP contribution in [0, 0.1) is 0 Å². The number of anilines is 2. The molecule has 0 fully saturated rings. The molecule has 3 nitrogen and oxygen atoms in total. The number of carbonyl (C=O) groups is 1. The van der Waals surface area contributed by atoms with Gasteiger partial charge in [-0.2, -0.15) is 0 Å². The smallest absolute Gasteiger partial charge is 0.308 e. The Labute approximate surface area is 137 Å². The van der Waals surface area contributed by atoms with E-state index in [9.17, 15) is 4.79 Å². The molecule has 1 aromatic heterocycles. The van der Waals surface area contributed by atoms with Crippen molar-refractivity contribution in [2.45, 2.75) is 0 Å². The Bertz CT molecular complexity index is 769. The van der Waals surface area contributed by atoms with E-state index in [4.69, 9.17) is 11.6 Å². The highest BCUT2D eigenvalue weighted by Crippen LogP contribution is 2.29. The summed E-state index contributed by atoms with van der Waals surface area (Å²) in [6.07, 6.45) is 0. The Morgan fingerprint density at radius 3 is 2.32 bits per heavy atom. The number of benzene rings is 2. The molecule has 3 aromatic rings. The molecule has 0 spiro atoms. The third-order valence-corrected chi connectivity index (χ3v) is 4.25. The lowest BCUT2D eigenvalue weighted by Crippen LogP contribution is -2.18. The number of rotatable bonds is 3. The molecule has 0 saturated heterocycles. The number of thiophene rings is 1. The number of amides is 2. The van der Waals surface area contributed by atoms with Crippen LogP contribution in [-0.4, -0.2) is 6.03 Å². The summed E-state index contributed by atoms with van der Waals surface area (Å²) in [5.41, 5.74) is 2.61. The second kappa shape index (κ2) is 6.64. The van der Waals surface area contributed by atoms with Crippen LogP contribution in [0.3, 0.4) is 0 Å². The van der Waals surface area contributed by atoms with E-state index in [1.807, 2.05) is 41.8 Å². The summed E-state index contributed by atoms with van der Waals surface area (Å²) in [5, 5.41) is 8.14. The zero-order chi connectivity index (χ0) is 15.4. The monoisotopic (exact) mass is 328 g/mol. The van der Waals surface area contributed by atoms with Gasteiger partial charge < -0.3 is 10.6 Å². The molecule has 0 aliphatic rings. The van der Waals surface area contributed by atoms with Crippen molar-refractivity contribution in [1.82, 2.24) is 0 Å². The van der Waals surface area contributed by atoms with Gasteiger partial charge in [-0.25, -0.2) is 4.79 Å². The molecule has 2 aromatic carbocycles. The standard InChI is InChI=1S/C17H13ClN2OS/c18-13-6-8-14(9-7-13)19-17(21)20-15-10-16(22-11-15)12-4-2-1-3-5-12/h1-11H,(H2,19,20,21). The Balaban J connectivity index is 1.65. The van der Waals surface area contributed by atoms with E-state index >= 15 is 0 Å². The third kappa shape index (κ3) is 3.67. The van der Waals surface area contributed by atoms with Gasteiger partial charge in [0.15, 0.2) is 0 Å². The Kier molecular flexibility index (Phi) is 4.42. The maximum atomic E-state index is 12.0. The van der Waals surface area contributed by atoms with Crippen LogP contribution in [0.5, 0.6) is 0 Å². The average Bonchev–Trinajstić information content (AvgIpc) is 2.99. The lowest BCUT2D eigenvalue weighted by atomic mass is 10.2. The summed E-state index contributed by atoms with van der Waals surface area (Å²) >= 11 is 7.40. The van der Waals surface area contributed by atoms with Gasteiger partial charge >= 0.3 is 6.03 Å². The molecule has 0 unspecified atom stereocenters. The topological polar surface area (TPSA) is 41.1 Å². The lowest BCUT2D eigenvalue weighted by Gasteiger charge is -2.06. The molecule has 2 amide bonds. The van der Waals surface area contributed by atoms with Crippen LogP contribution in [-0.2, 0) is 0 Å². The maximum absolute atomic E-state index is 12.0. The summed E-state index contributed by atoms with van der Waals surface area (Å²) in [7, 11) is 0. The van der Waals surface area contributed by atoms with E-state index in [1.54, 1.807) is 35.6 Å². The van der Waals surface area contributed by atoms with Crippen molar-refractivity contribution in [2.24, 2.45) is 0 Å². The molecule has 0 radical (unpaired) electrons. The number of urea groups is 1. The number of nitrogens with one attached hydrogen (secondary N) is 2. The second-order valence-electron chi connectivity index (χ2n) is 4.65. The first-order chi connectivity index (χ1) is 10.7. The van der Waals surface area contributed by atoms with Gasteiger partial charge in [-0.15, -0.1) is 11.3 Å². The van der Waals surface area contributed by atoms with Crippen molar-refractivity contribution in [3.63, 3.8) is 0 Å². The van der Waals surface area contributed by atoms with E-state index in [0.717, 1.165) is 16.1 Å². The van der Waals surface area contributed by atoms with Crippen molar-refractivity contribution in [3.8, 4) is 10.4 Å². The van der Waals surface area contributed by atoms with Gasteiger partial charge in [0.05, 0.1) is 5.69 Å². The van der Waals surface area contributed by atoms with E-state index < -0.39 is 0 Å². The normalized spacial score (nSPS) is 10.2. The average molecular weight is 329 g/mol. The summed E-state index contributed by atoms with van der Waals surface area (Å²) in [6.45, 7) is 0. The van der Waals surface area contributed by atoms with Gasteiger partial charge in [-0.3, -0.25) is 0 Å². The van der Waals surface area contributed by atoms with E-state index in [0.29, 0.717) is 10.7 Å². The second-order valence-corrected chi connectivity index (χ2v) is 6.00. The predicted octanol–water partition coefficient (Wildman–Crippen LogP) is 5.71. The molecule has 110 valence electrons. The molecule has 1 heterocycles. The first-order valence-corrected chi connectivity index (χ1v) is 7.94. The minimum Gasteiger partial charge on any atom is -0.308 e. The minimum atomic E-state index is -0.278. The summed E-state index contributed by atoms with van der Waals surface area (Å²) in [6, 6.07) is 18.7. The fourth-order valence-electron chi connectivity index (χ4n) is 1.98. The molecule has 2 N–H and O–H groups in total. The van der Waals surface area contributed by atoms with Gasteiger partial charge in [0.1, 0.15) is 0 Å². The summed E-state index contributed by atoms with van der Waals surface area (Å²) in [4.78, 5) is 13.1. The van der Waals surface area contributed by atoms with Crippen LogP contribution in [0.2, 0.25) is 5.02 Å². The fourth-order valence-corrected chi connectivity index (χ4v) is 2.96. The Hall–Kier alpha value is -2.30. The highest BCUT2D eigenvalue weighted by Gasteiger charge is 2.06. The lowest BCUT2D eigenvalue weighted by molar-refractivity contribution is 0.262. The van der Waals surface area contributed by atoms with Crippen LogP contribution in [0.15, 0.2) is 66.0 Å². The Morgan fingerprint density at radius 2 is 1.59 bits per heavy atom. The van der Waals surface area contributed by atoms with E-state index in [-0.39, 0.29) is 6.03 Å². The van der Waals surface area contributed by atoms with Gasteiger partial charge in [0.25, 0.3) is 0 Å². The van der Waals surface area contributed by atoms with E-state index in [2.05, 4.69) is 10.6 Å². The predicted molar refractivity (Wildman–Crippen MR) is 93.8 cm³/mol. The number of hydrogen-bond donors (Lipinski definition) is 2. The van der Waals surface area contributed by atoms with Gasteiger partial charge in [-0.1, -0.05) is 41.9 Å². The van der Waals surface area contributed by atoms with Crippen molar-refractivity contribution in [1.29, 1.82) is 0 Å². The molecular weight excluding hydrogens is 316 g/mol.